The predicted molar refractivity (Wildman–Crippen MR) is 71.4 cm³/mol. The summed E-state index contributed by atoms with van der Waals surface area (Å²) in [5.41, 5.74) is 1.08. The molecule has 1 N–H and O–H groups in total. The Bertz CT molecular complexity index is 575. The summed E-state index contributed by atoms with van der Waals surface area (Å²) >= 11 is 0. The van der Waals surface area contributed by atoms with Crippen molar-refractivity contribution in [3.63, 3.8) is 0 Å². The second-order valence-corrected chi connectivity index (χ2v) is 4.77. The summed E-state index contributed by atoms with van der Waals surface area (Å²) in [6, 6.07) is 17.3. The van der Waals surface area contributed by atoms with Crippen LogP contribution in [0.1, 0.15) is 17.9 Å². The zero-order valence-corrected chi connectivity index (χ0v) is 10.3. The van der Waals surface area contributed by atoms with E-state index in [1.807, 2.05) is 54.6 Å². The van der Waals surface area contributed by atoms with E-state index in [9.17, 15) is 4.79 Å². The lowest BCUT2D eigenvalue weighted by molar-refractivity contribution is -0.138. The second-order valence-electron chi connectivity index (χ2n) is 4.77. The normalized spacial score (nSPS) is 20.8. The van der Waals surface area contributed by atoms with E-state index in [-0.39, 0.29) is 11.8 Å². The van der Waals surface area contributed by atoms with E-state index in [1.54, 1.807) is 0 Å². The van der Waals surface area contributed by atoms with Gasteiger partial charge in [0.15, 0.2) is 0 Å². The molecule has 0 amide bonds. The lowest BCUT2D eigenvalue weighted by atomic mass is 10.1. The number of carboxylic acids is 1. The maximum Gasteiger partial charge on any atom is 0.307 e. The summed E-state index contributed by atoms with van der Waals surface area (Å²) in [7, 11) is 0. The smallest absolute Gasteiger partial charge is 0.307 e. The standard InChI is InChI=1S/C16H14O3/c17-16(18)15-10-14(15)11-6-8-13(9-7-11)19-12-4-2-1-3-5-12/h1-9,14-15H,10H2,(H,17,18)/t14-,15-/m1/s1. The van der Waals surface area contributed by atoms with Crippen LogP contribution in [0.4, 0.5) is 0 Å². The highest BCUT2D eigenvalue weighted by Crippen LogP contribution is 2.47. The fourth-order valence-corrected chi connectivity index (χ4v) is 2.24. The van der Waals surface area contributed by atoms with Crippen molar-refractivity contribution in [2.45, 2.75) is 12.3 Å². The van der Waals surface area contributed by atoms with Gasteiger partial charge in [0.05, 0.1) is 5.92 Å². The number of aliphatic carboxylic acids is 1. The van der Waals surface area contributed by atoms with Gasteiger partial charge in [-0.1, -0.05) is 30.3 Å². The van der Waals surface area contributed by atoms with Crippen LogP contribution in [0.5, 0.6) is 11.5 Å². The Kier molecular flexibility index (Phi) is 2.95. The quantitative estimate of drug-likeness (QED) is 0.905. The van der Waals surface area contributed by atoms with Crippen molar-refractivity contribution in [1.82, 2.24) is 0 Å². The highest BCUT2D eigenvalue weighted by Gasteiger charge is 2.43. The molecule has 0 spiro atoms. The molecule has 96 valence electrons. The molecule has 2 aromatic carbocycles. The third-order valence-electron chi connectivity index (χ3n) is 3.39. The van der Waals surface area contributed by atoms with Crippen LogP contribution in [0.15, 0.2) is 54.6 Å². The van der Waals surface area contributed by atoms with E-state index in [0.717, 1.165) is 23.5 Å². The van der Waals surface area contributed by atoms with Crippen molar-refractivity contribution >= 4 is 5.97 Å². The van der Waals surface area contributed by atoms with Crippen molar-refractivity contribution in [3.8, 4) is 11.5 Å². The maximum atomic E-state index is 10.8. The minimum absolute atomic E-state index is 0.170. The van der Waals surface area contributed by atoms with Crippen LogP contribution >= 0.6 is 0 Å². The number of carbonyl (C=O) groups is 1. The molecule has 0 heterocycles. The van der Waals surface area contributed by atoms with Crippen LogP contribution in [0, 0.1) is 5.92 Å². The number of hydrogen-bond acceptors (Lipinski definition) is 2. The summed E-state index contributed by atoms with van der Waals surface area (Å²) in [5, 5.41) is 8.91. The van der Waals surface area contributed by atoms with Crippen LogP contribution < -0.4 is 4.74 Å². The van der Waals surface area contributed by atoms with Gasteiger partial charge in [-0.3, -0.25) is 4.79 Å². The molecule has 1 aliphatic carbocycles. The molecule has 3 heteroatoms. The van der Waals surface area contributed by atoms with Crippen molar-refractivity contribution in [1.29, 1.82) is 0 Å². The molecular formula is C16H14O3. The Hall–Kier alpha value is -2.29. The lowest BCUT2D eigenvalue weighted by Crippen LogP contribution is -1.98. The average molecular weight is 254 g/mol. The fraction of sp³-hybridized carbons (Fsp3) is 0.188. The molecule has 1 aliphatic rings. The molecule has 1 saturated carbocycles. The molecule has 19 heavy (non-hydrogen) atoms. The van der Waals surface area contributed by atoms with Crippen molar-refractivity contribution < 1.29 is 14.6 Å². The second kappa shape index (κ2) is 4.76. The number of benzene rings is 2. The Balaban J connectivity index is 1.68. The lowest BCUT2D eigenvalue weighted by Gasteiger charge is -2.06. The van der Waals surface area contributed by atoms with Crippen molar-refractivity contribution in [2.24, 2.45) is 5.92 Å². The van der Waals surface area contributed by atoms with Crippen LogP contribution in [-0.4, -0.2) is 11.1 Å². The fourth-order valence-electron chi connectivity index (χ4n) is 2.24. The van der Waals surface area contributed by atoms with E-state index in [0.29, 0.717) is 0 Å². The van der Waals surface area contributed by atoms with Gasteiger partial charge in [0, 0.05) is 0 Å². The minimum atomic E-state index is -0.699. The molecule has 3 rings (SSSR count). The number of carboxylic acid groups (broad SMARTS) is 1. The zero-order chi connectivity index (χ0) is 13.2. The first-order valence-corrected chi connectivity index (χ1v) is 6.30. The third kappa shape index (κ3) is 2.60. The first-order valence-electron chi connectivity index (χ1n) is 6.30. The van der Waals surface area contributed by atoms with Crippen LogP contribution in [0.25, 0.3) is 0 Å². The molecule has 0 saturated heterocycles. The zero-order valence-electron chi connectivity index (χ0n) is 10.3. The maximum absolute atomic E-state index is 10.8. The Labute approximate surface area is 111 Å². The molecule has 1 fully saturated rings. The van der Waals surface area contributed by atoms with Gasteiger partial charge in [0.1, 0.15) is 11.5 Å². The molecule has 0 radical (unpaired) electrons. The van der Waals surface area contributed by atoms with E-state index >= 15 is 0 Å². The van der Waals surface area contributed by atoms with Crippen LogP contribution in [0.3, 0.4) is 0 Å². The largest absolute Gasteiger partial charge is 0.481 e. The Morgan fingerprint density at radius 3 is 2.21 bits per heavy atom. The van der Waals surface area contributed by atoms with Gasteiger partial charge in [0.25, 0.3) is 0 Å². The van der Waals surface area contributed by atoms with E-state index in [4.69, 9.17) is 9.84 Å². The monoisotopic (exact) mass is 254 g/mol. The third-order valence-corrected chi connectivity index (χ3v) is 3.39. The van der Waals surface area contributed by atoms with E-state index < -0.39 is 5.97 Å². The van der Waals surface area contributed by atoms with Gasteiger partial charge in [-0.25, -0.2) is 0 Å². The number of ether oxygens (including phenoxy) is 1. The van der Waals surface area contributed by atoms with Gasteiger partial charge >= 0.3 is 5.97 Å². The molecule has 0 aromatic heterocycles. The summed E-state index contributed by atoms with van der Waals surface area (Å²) < 4.78 is 5.69. The summed E-state index contributed by atoms with van der Waals surface area (Å²) in [5.74, 6) is 0.825. The van der Waals surface area contributed by atoms with Crippen molar-refractivity contribution in [2.75, 3.05) is 0 Å². The molecule has 0 unspecified atom stereocenters. The summed E-state index contributed by atoms with van der Waals surface area (Å²) in [4.78, 5) is 10.8. The van der Waals surface area contributed by atoms with Gasteiger partial charge in [0.2, 0.25) is 0 Å². The molecule has 0 bridgehead atoms. The highest BCUT2D eigenvalue weighted by molar-refractivity contribution is 5.75. The first-order chi connectivity index (χ1) is 9.24. The molecule has 2 aromatic rings. The molecule has 2 atom stereocenters. The average Bonchev–Trinajstić information content (AvgIpc) is 3.21. The predicted octanol–water partition coefficient (Wildman–Crippen LogP) is 3.67. The van der Waals surface area contributed by atoms with Crippen molar-refractivity contribution in [3.05, 3.63) is 60.2 Å². The number of rotatable bonds is 4. The molecule has 3 nitrogen and oxygen atoms in total. The van der Waals surface area contributed by atoms with Gasteiger partial charge in [-0.05, 0) is 42.2 Å². The topological polar surface area (TPSA) is 46.5 Å². The van der Waals surface area contributed by atoms with Gasteiger partial charge in [-0.15, -0.1) is 0 Å². The Morgan fingerprint density at radius 2 is 1.63 bits per heavy atom. The Morgan fingerprint density at radius 1 is 1.00 bits per heavy atom. The van der Waals surface area contributed by atoms with Gasteiger partial charge in [-0.2, -0.15) is 0 Å². The first kappa shape index (κ1) is 11.8. The number of hydrogen-bond donors (Lipinski definition) is 1. The van der Waals surface area contributed by atoms with E-state index in [1.165, 1.54) is 0 Å². The molecular weight excluding hydrogens is 240 g/mol. The SMILES string of the molecule is O=C(O)[C@@H]1C[C@@H]1c1ccc(Oc2ccccc2)cc1. The minimum Gasteiger partial charge on any atom is -0.481 e. The highest BCUT2D eigenvalue weighted by atomic mass is 16.5. The molecule has 0 aliphatic heterocycles. The summed E-state index contributed by atoms with van der Waals surface area (Å²) in [6.07, 6.45) is 0.744. The van der Waals surface area contributed by atoms with E-state index in [2.05, 4.69) is 0 Å². The van der Waals surface area contributed by atoms with Crippen LogP contribution in [-0.2, 0) is 4.79 Å². The van der Waals surface area contributed by atoms with Gasteiger partial charge < -0.3 is 9.84 Å². The number of para-hydroxylation sites is 1. The summed E-state index contributed by atoms with van der Waals surface area (Å²) in [6.45, 7) is 0. The van der Waals surface area contributed by atoms with Crippen LogP contribution in [0.2, 0.25) is 0 Å².